The van der Waals surface area contributed by atoms with Crippen LogP contribution in [0.3, 0.4) is 0 Å². The van der Waals surface area contributed by atoms with Gasteiger partial charge in [-0.25, -0.2) is 4.52 Å². The Balaban J connectivity index is 1.57. The van der Waals surface area contributed by atoms with Crippen molar-refractivity contribution in [3.05, 3.63) is 24.4 Å². The van der Waals surface area contributed by atoms with Gasteiger partial charge in [0.05, 0.1) is 0 Å². The average molecular weight is 231 g/mol. The maximum absolute atomic E-state index is 4.39. The van der Waals surface area contributed by atoms with Crippen LogP contribution in [0.1, 0.15) is 12.8 Å². The SMILES string of the molecule is CN(CCNc1nc2ccccn2n1)C1CC1. The molecular weight excluding hydrogens is 214 g/mol. The number of pyridine rings is 1. The molecule has 1 aliphatic rings. The molecule has 5 nitrogen and oxygen atoms in total. The molecule has 3 rings (SSSR count). The van der Waals surface area contributed by atoms with Gasteiger partial charge in [-0.2, -0.15) is 4.98 Å². The third-order valence-corrected chi connectivity index (χ3v) is 3.16. The van der Waals surface area contributed by atoms with Crippen LogP contribution in [0, 0.1) is 0 Å². The van der Waals surface area contributed by atoms with Gasteiger partial charge < -0.3 is 10.2 Å². The van der Waals surface area contributed by atoms with Gasteiger partial charge in [0, 0.05) is 25.3 Å². The molecule has 2 aromatic heterocycles. The zero-order valence-corrected chi connectivity index (χ0v) is 10.0. The standard InChI is InChI=1S/C12H17N5/c1-16(10-5-6-10)9-7-13-12-14-11-4-2-3-8-17(11)15-12/h2-4,8,10H,5-7,9H2,1H3,(H,13,15). The van der Waals surface area contributed by atoms with Gasteiger partial charge in [-0.05, 0) is 32.0 Å². The molecule has 0 radical (unpaired) electrons. The van der Waals surface area contributed by atoms with E-state index in [1.54, 1.807) is 4.52 Å². The Morgan fingerprint density at radius 3 is 3.12 bits per heavy atom. The highest BCUT2D eigenvalue weighted by Gasteiger charge is 2.25. The topological polar surface area (TPSA) is 45.5 Å². The van der Waals surface area contributed by atoms with Gasteiger partial charge in [0.1, 0.15) is 0 Å². The number of aromatic nitrogens is 3. The van der Waals surface area contributed by atoms with Crippen molar-refractivity contribution in [2.45, 2.75) is 18.9 Å². The summed E-state index contributed by atoms with van der Waals surface area (Å²) in [7, 11) is 2.18. The molecule has 90 valence electrons. The highest BCUT2D eigenvalue weighted by Crippen LogP contribution is 2.24. The van der Waals surface area contributed by atoms with Gasteiger partial charge in [0.15, 0.2) is 5.65 Å². The molecule has 1 N–H and O–H groups in total. The Morgan fingerprint density at radius 1 is 1.47 bits per heavy atom. The molecular formula is C12H17N5. The first-order chi connectivity index (χ1) is 8.33. The number of fused-ring (bicyclic) bond motifs is 1. The van der Waals surface area contributed by atoms with Crippen LogP contribution in [0.25, 0.3) is 5.65 Å². The zero-order chi connectivity index (χ0) is 11.7. The molecule has 1 saturated carbocycles. The summed E-state index contributed by atoms with van der Waals surface area (Å²) in [6.45, 7) is 1.93. The van der Waals surface area contributed by atoms with Crippen LogP contribution in [0.2, 0.25) is 0 Å². The summed E-state index contributed by atoms with van der Waals surface area (Å²) in [6.07, 6.45) is 4.61. The summed E-state index contributed by atoms with van der Waals surface area (Å²) in [4.78, 5) is 6.78. The maximum atomic E-state index is 4.39. The zero-order valence-electron chi connectivity index (χ0n) is 10.0. The molecule has 0 spiro atoms. The van der Waals surface area contributed by atoms with E-state index in [2.05, 4.69) is 27.3 Å². The first-order valence-electron chi connectivity index (χ1n) is 6.08. The number of rotatable bonds is 5. The van der Waals surface area contributed by atoms with Crippen molar-refractivity contribution >= 4 is 11.6 Å². The van der Waals surface area contributed by atoms with E-state index in [9.17, 15) is 0 Å². The Morgan fingerprint density at radius 2 is 2.35 bits per heavy atom. The van der Waals surface area contributed by atoms with Crippen LogP contribution in [0.4, 0.5) is 5.95 Å². The minimum atomic E-state index is 0.709. The molecule has 0 bridgehead atoms. The van der Waals surface area contributed by atoms with E-state index in [1.807, 2.05) is 24.4 Å². The molecule has 0 aromatic carbocycles. The first kappa shape index (κ1) is 10.5. The number of nitrogens with one attached hydrogen (secondary N) is 1. The average Bonchev–Trinajstić information content (AvgIpc) is 3.09. The van der Waals surface area contributed by atoms with E-state index < -0.39 is 0 Å². The molecule has 0 aliphatic heterocycles. The van der Waals surface area contributed by atoms with Crippen LogP contribution in [0.15, 0.2) is 24.4 Å². The van der Waals surface area contributed by atoms with Gasteiger partial charge in [-0.15, -0.1) is 5.10 Å². The fourth-order valence-electron chi connectivity index (χ4n) is 1.95. The van der Waals surface area contributed by atoms with E-state index in [1.165, 1.54) is 12.8 Å². The lowest BCUT2D eigenvalue weighted by Gasteiger charge is -2.14. The van der Waals surface area contributed by atoms with Gasteiger partial charge in [-0.1, -0.05) is 6.07 Å². The molecule has 0 amide bonds. The first-order valence-corrected chi connectivity index (χ1v) is 6.08. The summed E-state index contributed by atoms with van der Waals surface area (Å²) in [5.41, 5.74) is 0.880. The normalized spacial score (nSPS) is 15.6. The second-order valence-electron chi connectivity index (χ2n) is 4.58. The minimum Gasteiger partial charge on any atom is -0.352 e. The summed E-state index contributed by atoms with van der Waals surface area (Å²) >= 11 is 0. The van der Waals surface area contributed by atoms with Crippen molar-refractivity contribution in [3.63, 3.8) is 0 Å². The van der Waals surface area contributed by atoms with Gasteiger partial charge in [0.25, 0.3) is 0 Å². The Labute approximate surface area is 100 Å². The largest absolute Gasteiger partial charge is 0.352 e. The molecule has 5 heteroatoms. The number of hydrogen-bond acceptors (Lipinski definition) is 4. The molecule has 0 unspecified atom stereocenters. The number of likely N-dealkylation sites (N-methyl/N-ethyl adjacent to an activating group) is 1. The van der Waals surface area contributed by atoms with Crippen LogP contribution >= 0.6 is 0 Å². The monoisotopic (exact) mass is 231 g/mol. The lowest BCUT2D eigenvalue weighted by molar-refractivity contribution is 0.337. The van der Waals surface area contributed by atoms with Gasteiger partial charge in [0.2, 0.25) is 5.95 Å². The number of nitrogens with zero attached hydrogens (tertiary/aromatic N) is 4. The number of anilines is 1. The molecule has 17 heavy (non-hydrogen) atoms. The van der Waals surface area contributed by atoms with Crippen LogP contribution in [-0.2, 0) is 0 Å². The lowest BCUT2D eigenvalue weighted by atomic mass is 10.5. The van der Waals surface area contributed by atoms with Crippen LogP contribution in [0.5, 0.6) is 0 Å². The molecule has 2 aromatic rings. The highest BCUT2D eigenvalue weighted by molar-refractivity contribution is 5.42. The second-order valence-corrected chi connectivity index (χ2v) is 4.58. The van der Waals surface area contributed by atoms with Crippen molar-refractivity contribution in [2.24, 2.45) is 0 Å². The fourth-order valence-corrected chi connectivity index (χ4v) is 1.95. The van der Waals surface area contributed by atoms with E-state index in [0.29, 0.717) is 5.95 Å². The van der Waals surface area contributed by atoms with Crippen molar-refractivity contribution < 1.29 is 0 Å². The minimum absolute atomic E-state index is 0.709. The van der Waals surface area contributed by atoms with Crippen molar-refractivity contribution in [1.29, 1.82) is 0 Å². The Hall–Kier alpha value is -1.62. The third-order valence-electron chi connectivity index (χ3n) is 3.16. The van der Waals surface area contributed by atoms with E-state index in [4.69, 9.17) is 0 Å². The van der Waals surface area contributed by atoms with Crippen molar-refractivity contribution in [2.75, 3.05) is 25.5 Å². The second kappa shape index (κ2) is 4.33. The molecule has 1 aliphatic carbocycles. The third kappa shape index (κ3) is 2.39. The summed E-state index contributed by atoms with van der Waals surface area (Å²) in [5.74, 6) is 0.709. The highest BCUT2D eigenvalue weighted by atomic mass is 15.3. The van der Waals surface area contributed by atoms with Gasteiger partial charge in [-0.3, -0.25) is 0 Å². The van der Waals surface area contributed by atoms with Gasteiger partial charge >= 0.3 is 0 Å². The molecule has 0 atom stereocenters. The lowest BCUT2D eigenvalue weighted by Crippen LogP contribution is -2.27. The summed E-state index contributed by atoms with van der Waals surface area (Å²) in [6, 6.07) is 6.68. The van der Waals surface area contributed by atoms with E-state index >= 15 is 0 Å². The predicted octanol–water partition coefficient (Wildman–Crippen LogP) is 1.24. The van der Waals surface area contributed by atoms with Crippen LogP contribution in [-0.4, -0.2) is 45.7 Å². The Kier molecular flexibility index (Phi) is 2.68. The molecule has 1 fully saturated rings. The van der Waals surface area contributed by atoms with E-state index in [-0.39, 0.29) is 0 Å². The smallest absolute Gasteiger partial charge is 0.243 e. The molecule has 2 heterocycles. The quantitative estimate of drug-likeness (QED) is 0.841. The predicted molar refractivity (Wildman–Crippen MR) is 67.1 cm³/mol. The van der Waals surface area contributed by atoms with Crippen molar-refractivity contribution in [3.8, 4) is 0 Å². The van der Waals surface area contributed by atoms with Crippen LogP contribution < -0.4 is 5.32 Å². The number of hydrogen-bond donors (Lipinski definition) is 1. The summed E-state index contributed by atoms with van der Waals surface area (Å²) < 4.78 is 1.78. The van der Waals surface area contributed by atoms with Crippen molar-refractivity contribution in [1.82, 2.24) is 19.5 Å². The van der Waals surface area contributed by atoms with E-state index in [0.717, 1.165) is 24.8 Å². The maximum Gasteiger partial charge on any atom is 0.243 e. The summed E-state index contributed by atoms with van der Waals surface area (Å²) in [5, 5.41) is 7.61. The molecule has 0 saturated heterocycles. The fraction of sp³-hybridized carbons (Fsp3) is 0.500. The Bertz CT molecular complexity index is 469.